The van der Waals surface area contributed by atoms with Gasteiger partial charge >= 0.3 is 0 Å². The molecule has 1 unspecified atom stereocenters. The third kappa shape index (κ3) is 5.88. The van der Waals surface area contributed by atoms with E-state index < -0.39 is 27.6 Å². The molecule has 0 spiro atoms. The van der Waals surface area contributed by atoms with Gasteiger partial charge in [0.05, 0.1) is 29.6 Å². The first-order valence-corrected chi connectivity index (χ1v) is 16.1. The molecule has 1 atom stereocenters. The standard InChI is InChI=1S/C31H33N7O5S/c1-20(2)33-28-19-36(13-14-37(28)27-9-5-6-12-32-27)31(41)26-18-21-17-22(10-11-25(21)34-26)35-44(42,43)16-15-38-29(39)23-7-3-4-8-24(23)30(38)40/h3-12,17-18,20,28,33-35H,13-16,19H2,1-2H3. The van der Waals surface area contributed by atoms with Crippen LogP contribution in [0.5, 0.6) is 0 Å². The van der Waals surface area contributed by atoms with E-state index in [0.29, 0.717) is 41.9 Å². The van der Waals surface area contributed by atoms with E-state index in [4.69, 9.17) is 0 Å². The number of rotatable bonds is 9. The Morgan fingerprint density at radius 3 is 2.41 bits per heavy atom. The first kappa shape index (κ1) is 29.3. The van der Waals surface area contributed by atoms with Crippen molar-refractivity contribution in [2.45, 2.75) is 26.1 Å². The molecule has 0 saturated carbocycles. The summed E-state index contributed by atoms with van der Waals surface area (Å²) in [4.78, 5) is 51.3. The Kier molecular flexibility index (Phi) is 7.82. The van der Waals surface area contributed by atoms with E-state index in [-0.39, 0.29) is 35.8 Å². The van der Waals surface area contributed by atoms with E-state index in [1.165, 1.54) is 0 Å². The van der Waals surface area contributed by atoms with Gasteiger partial charge in [-0.15, -0.1) is 0 Å². The van der Waals surface area contributed by atoms with Gasteiger partial charge in [-0.1, -0.05) is 18.2 Å². The number of aromatic nitrogens is 2. The van der Waals surface area contributed by atoms with Gasteiger partial charge in [0.25, 0.3) is 17.7 Å². The second-order valence-corrected chi connectivity index (χ2v) is 13.0. The molecule has 4 aromatic rings. The summed E-state index contributed by atoms with van der Waals surface area (Å²) in [7, 11) is -3.89. The number of nitrogens with zero attached hydrogens (tertiary/aromatic N) is 4. The lowest BCUT2D eigenvalue weighted by molar-refractivity contribution is 0.0661. The fourth-order valence-electron chi connectivity index (χ4n) is 5.66. The Morgan fingerprint density at radius 2 is 1.73 bits per heavy atom. The van der Waals surface area contributed by atoms with Gasteiger partial charge < -0.3 is 14.8 Å². The van der Waals surface area contributed by atoms with Crippen LogP contribution in [-0.2, 0) is 10.0 Å². The second-order valence-electron chi connectivity index (χ2n) is 11.2. The minimum atomic E-state index is -3.89. The topological polar surface area (TPSA) is 148 Å². The lowest BCUT2D eigenvalue weighted by Gasteiger charge is -2.43. The van der Waals surface area contributed by atoms with E-state index in [0.717, 1.165) is 10.7 Å². The van der Waals surface area contributed by atoms with Crippen molar-refractivity contribution < 1.29 is 22.8 Å². The summed E-state index contributed by atoms with van der Waals surface area (Å²) in [6, 6.07) is 19.1. The van der Waals surface area contributed by atoms with E-state index in [1.54, 1.807) is 59.6 Å². The molecule has 1 fully saturated rings. The highest BCUT2D eigenvalue weighted by atomic mass is 32.2. The van der Waals surface area contributed by atoms with Crippen LogP contribution in [0.1, 0.15) is 45.1 Å². The number of benzene rings is 2. The zero-order valence-electron chi connectivity index (χ0n) is 24.4. The smallest absolute Gasteiger partial charge is 0.270 e. The summed E-state index contributed by atoms with van der Waals surface area (Å²) in [5.74, 6) is -0.765. The summed E-state index contributed by atoms with van der Waals surface area (Å²) in [6.45, 7) is 5.43. The fourth-order valence-corrected chi connectivity index (χ4v) is 6.67. The van der Waals surface area contributed by atoms with Crippen LogP contribution in [-0.4, -0.2) is 90.0 Å². The Labute approximate surface area is 255 Å². The van der Waals surface area contributed by atoms with Crippen molar-refractivity contribution in [1.82, 2.24) is 25.1 Å². The van der Waals surface area contributed by atoms with Crippen LogP contribution in [0.2, 0.25) is 0 Å². The number of H-pyrrole nitrogens is 1. The maximum absolute atomic E-state index is 13.6. The highest BCUT2D eigenvalue weighted by Crippen LogP contribution is 2.25. The number of pyridine rings is 1. The molecule has 12 nitrogen and oxygen atoms in total. The zero-order valence-corrected chi connectivity index (χ0v) is 25.2. The monoisotopic (exact) mass is 615 g/mol. The van der Waals surface area contributed by atoms with Gasteiger partial charge in [0, 0.05) is 48.5 Å². The van der Waals surface area contributed by atoms with E-state index in [2.05, 4.69) is 38.8 Å². The third-order valence-corrected chi connectivity index (χ3v) is 8.99. The zero-order chi connectivity index (χ0) is 31.0. The molecule has 13 heteroatoms. The van der Waals surface area contributed by atoms with Crippen LogP contribution in [0.4, 0.5) is 11.5 Å². The summed E-state index contributed by atoms with van der Waals surface area (Å²) < 4.78 is 28.3. The molecule has 3 N–H and O–H groups in total. The molecule has 2 aliphatic heterocycles. The number of hydrogen-bond donors (Lipinski definition) is 3. The number of fused-ring (bicyclic) bond motifs is 2. The first-order chi connectivity index (χ1) is 21.1. The molecular formula is C31H33N7O5S. The van der Waals surface area contributed by atoms with Crippen molar-refractivity contribution in [3.05, 3.63) is 89.7 Å². The van der Waals surface area contributed by atoms with Crippen molar-refractivity contribution >= 4 is 50.2 Å². The molecule has 0 bridgehead atoms. The quantitative estimate of drug-likeness (QED) is 0.244. The lowest BCUT2D eigenvalue weighted by atomic mass is 10.1. The number of imide groups is 1. The highest BCUT2D eigenvalue weighted by Gasteiger charge is 2.36. The fraction of sp³-hybridized carbons (Fsp3) is 0.290. The SMILES string of the molecule is CC(C)NC1CN(C(=O)c2cc3cc(NS(=O)(=O)CCN4C(=O)c5ccccc5C4=O)ccc3[nH]2)CCN1c1ccccn1. The molecule has 4 heterocycles. The van der Waals surface area contributed by atoms with Gasteiger partial charge in [0.2, 0.25) is 10.0 Å². The Balaban J connectivity index is 1.12. The summed E-state index contributed by atoms with van der Waals surface area (Å²) in [6.07, 6.45) is 1.64. The minimum absolute atomic E-state index is 0.117. The average Bonchev–Trinajstić information content (AvgIpc) is 3.54. The minimum Gasteiger partial charge on any atom is -0.351 e. The van der Waals surface area contributed by atoms with Crippen LogP contribution in [0.3, 0.4) is 0 Å². The van der Waals surface area contributed by atoms with Gasteiger partial charge in [0.15, 0.2) is 0 Å². The molecule has 2 aromatic heterocycles. The second kappa shape index (κ2) is 11.7. The molecule has 228 valence electrons. The number of carbonyl (C=O) groups excluding carboxylic acids is 3. The van der Waals surface area contributed by atoms with Crippen LogP contribution < -0.4 is 14.9 Å². The molecule has 3 amide bonds. The van der Waals surface area contributed by atoms with E-state index >= 15 is 0 Å². The van der Waals surface area contributed by atoms with Crippen molar-refractivity contribution in [3.8, 4) is 0 Å². The van der Waals surface area contributed by atoms with Gasteiger partial charge in [0.1, 0.15) is 11.5 Å². The van der Waals surface area contributed by atoms with Crippen LogP contribution in [0.25, 0.3) is 10.9 Å². The summed E-state index contributed by atoms with van der Waals surface area (Å²) >= 11 is 0. The van der Waals surface area contributed by atoms with Crippen molar-refractivity contribution in [3.63, 3.8) is 0 Å². The Bertz CT molecular complexity index is 1810. The predicted molar refractivity (Wildman–Crippen MR) is 167 cm³/mol. The van der Waals surface area contributed by atoms with Crippen LogP contribution in [0, 0.1) is 0 Å². The number of sulfonamides is 1. The molecule has 2 aromatic carbocycles. The normalized spacial score (nSPS) is 17.1. The molecule has 44 heavy (non-hydrogen) atoms. The largest absolute Gasteiger partial charge is 0.351 e. The predicted octanol–water partition coefficient (Wildman–Crippen LogP) is 2.89. The Hall–Kier alpha value is -4.75. The van der Waals surface area contributed by atoms with E-state index in [1.807, 2.05) is 18.2 Å². The number of hydrogen-bond acceptors (Lipinski definition) is 8. The van der Waals surface area contributed by atoms with E-state index in [9.17, 15) is 22.8 Å². The maximum Gasteiger partial charge on any atom is 0.270 e. The average molecular weight is 616 g/mol. The van der Waals surface area contributed by atoms with Gasteiger partial charge in [-0.25, -0.2) is 13.4 Å². The molecule has 6 rings (SSSR count). The van der Waals surface area contributed by atoms with Gasteiger partial charge in [-0.05, 0) is 62.4 Å². The van der Waals surface area contributed by atoms with Crippen LogP contribution in [0.15, 0.2) is 72.9 Å². The number of piperazine rings is 1. The maximum atomic E-state index is 13.6. The van der Waals surface area contributed by atoms with Crippen molar-refractivity contribution in [1.29, 1.82) is 0 Å². The summed E-state index contributed by atoms with van der Waals surface area (Å²) in [5, 5.41) is 4.20. The lowest BCUT2D eigenvalue weighted by Crippen LogP contribution is -2.61. The molecule has 0 aliphatic carbocycles. The number of aromatic amines is 1. The summed E-state index contributed by atoms with van der Waals surface area (Å²) in [5.41, 5.74) is 1.94. The first-order valence-electron chi connectivity index (χ1n) is 14.4. The van der Waals surface area contributed by atoms with Crippen LogP contribution >= 0.6 is 0 Å². The molecule has 2 aliphatic rings. The van der Waals surface area contributed by atoms with Crippen molar-refractivity contribution in [2.75, 3.05) is 41.6 Å². The highest BCUT2D eigenvalue weighted by molar-refractivity contribution is 7.92. The van der Waals surface area contributed by atoms with Crippen molar-refractivity contribution in [2.24, 2.45) is 0 Å². The van der Waals surface area contributed by atoms with Gasteiger partial charge in [-0.2, -0.15) is 0 Å². The molecule has 0 radical (unpaired) electrons. The number of amides is 3. The third-order valence-electron chi connectivity index (χ3n) is 7.72. The number of carbonyl (C=O) groups is 3. The number of anilines is 2. The van der Waals surface area contributed by atoms with Gasteiger partial charge in [-0.3, -0.25) is 29.3 Å². The molecular weight excluding hydrogens is 582 g/mol. The number of nitrogens with one attached hydrogen (secondary N) is 3. The Morgan fingerprint density at radius 1 is 1.00 bits per heavy atom. The molecule has 1 saturated heterocycles.